The highest BCUT2D eigenvalue weighted by Crippen LogP contribution is 2.37. The standard InChI is InChI=1S/C25H27N3O4/c1-3-31-24(30)25(12-8-14-28(17-25)23(29)21-11-6-7-13-26-21)16-19-15-22(27-32-19)20-10-5-4-9-18(20)2/h4-7,9-11,13,15H,3,8,12,14,16-17H2,1-2H3. The molecule has 3 heterocycles. The Hall–Kier alpha value is -3.48. The van der Waals surface area contributed by atoms with Gasteiger partial charge in [-0.25, -0.2) is 0 Å². The van der Waals surface area contributed by atoms with E-state index < -0.39 is 5.41 Å². The second-order valence-electron chi connectivity index (χ2n) is 8.22. The van der Waals surface area contributed by atoms with Gasteiger partial charge in [-0.1, -0.05) is 35.5 Å². The number of rotatable bonds is 6. The third-order valence-corrected chi connectivity index (χ3v) is 5.95. The van der Waals surface area contributed by atoms with E-state index >= 15 is 0 Å². The van der Waals surface area contributed by atoms with Gasteiger partial charge >= 0.3 is 5.97 Å². The van der Waals surface area contributed by atoms with Crippen molar-refractivity contribution in [3.05, 3.63) is 71.7 Å². The number of carbonyl (C=O) groups is 2. The number of ether oxygens (including phenoxy) is 1. The van der Waals surface area contributed by atoms with Crippen LogP contribution in [-0.2, 0) is 16.0 Å². The third kappa shape index (κ3) is 4.42. The predicted molar refractivity (Wildman–Crippen MR) is 119 cm³/mol. The molecule has 1 fully saturated rings. The van der Waals surface area contributed by atoms with Crippen LogP contribution in [0, 0.1) is 12.3 Å². The van der Waals surface area contributed by atoms with Gasteiger partial charge in [0.2, 0.25) is 0 Å². The summed E-state index contributed by atoms with van der Waals surface area (Å²) < 4.78 is 11.1. The molecule has 4 rings (SSSR count). The Bertz CT molecular complexity index is 1100. The van der Waals surface area contributed by atoms with Gasteiger partial charge in [0.25, 0.3) is 5.91 Å². The highest BCUT2D eigenvalue weighted by atomic mass is 16.5. The molecule has 1 unspecified atom stereocenters. The Morgan fingerprint density at radius 2 is 2.00 bits per heavy atom. The molecule has 166 valence electrons. The lowest BCUT2D eigenvalue weighted by molar-refractivity contribution is -0.158. The summed E-state index contributed by atoms with van der Waals surface area (Å²) in [6.45, 7) is 4.91. The van der Waals surface area contributed by atoms with Crippen molar-refractivity contribution in [1.29, 1.82) is 0 Å². The molecule has 32 heavy (non-hydrogen) atoms. The Morgan fingerprint density at radius 3 is 2.75 bits per heavy atom. The van der Waals surface area contributed by atoms with Crippen LogP contribution in [0.3, 0.4) is 0 Å². The van der Waals surface area contributed by atoms with Crippen molar-refractivity contribution in [2.24, 2.45) is 5.41 Å². The number of aromatic nitrogens is 2. The first-order valence-electron chi connectivity index (χ1n) is 10.9. The van der Waals surface area contributed by atoms with E-state index in [0.29, 0.717) is 37.3 Å². The molecule has 0 saturated carbocycles. The van der Waals surface area contributed by atoms with Crippen molar-refractivity contribution in [2.75, 3.05) is 19.7 Å². The van der Waals surface area contributed by atoms with E-state index in [-0.39, 0.29) is 25.0 Å². The highest BCUT2D eigenvalue weighted by Gasteiger charge is 2.46. The lowest BCUT2D eigenvalue weighted by Crippen LogP contribution is -2.51. The van der Waals surface area contributed by atoms with Crippen LogP contribution in [0.5, 0.6) is 0 Å². The molecular weight excluding hydrogens is 406 g/mol. The summed E-state index contributed by atoms with van der Waals surface area (Å²) in [5.41, 5.74) is 2.30. The lowest BCUT2D eigenvalue weighted by Gasteiger charge is -2.40. The van der Waals surface area contributed by atoms with Crippen LogP contribution in [0.1, 0.15) is 41.6 Å². The maximum Gasteiger partial charge on any atom is 0.314 e. The fourth-order valence-electron chi connectivity index (χ4n) is 4.34. The lowest BCUT2D eigenvalue weighted by atomic mass is 9.76. The average Bonchev–Trinajstić information content (AvgIpc) is 3.27. The van der Waals surface area contributed by atoms with Crippen LogP contribution in [0.25, 0.3) is 11.3 Å². The van der Waals surface area contributed by atoms with Gasteiger partial charge in [-0.15, -0.1) is 0 Å². The Kier molecular flexibility index (Phi) is 6.35. The van der Waals surface area contributed by atoms with Crippen LogP contribution in [0.2, 0.25) is 0 Å². The van der Waals surface area contributed by atoms with Gasteiger partial charge in [0, 0.05) is 37.3 Å². The van der Waals surface area contributed by atoms with Crippen LogP contribution >= 0.6 is 0 Å². The molecule has 1 amide bonds. The smallest absolute Gasteiger partial charge is 0.314 e. The van der Waals surface area contributed by atoms with Crippen LogP contribution in [0.15, 0.2) is 59.3 Å². The third-order valence-electron chi connectivity index (χ3n) is 5.95. The fourth-order valence-corrected chi connectivity index (χ4v) is 4.34. The number of likely N-dealkylation sites (tertiary alicyclic amines) is 1. The summed E-state index contributed by atoms with van der Waals surface area (Å²) >= 11 is 0. The second kappa shape index (κ2) is 9.34. The number of hydrogen-bond acceptors (Lipinski definition) is 6. The van der Waals surface area contributed by atoms with E-state index in [0.717, 1.165) is 16.8 Å². The minimum absolute atomic E-state index is 0.183. The first-order chi connectivity index (χ1) is 15.5. The largest absolute Gasteiger partial charge is 0.466 e. The number of esters is 1. The SMILES string of the molecule is CCOC(=O)C1(Cc2cc(-c3ccccc3C)no2)CCCN(C(=O)c2ccccn2)C1. The first kappa shape index (κ1) is 21.7. The number of carbonyl (C=O) groups excluding carboxylic acids is 2. The zero-order valence-corrected chi connectivity index (χ0v) is 18.4. The number of hydrogen-bond donors (Lipinski definition) is 0. The molecule has 1 aliphatic heterocycles. The Morgan fingerprint density at radius 1 is 1.19 bits per heavy atom. The molecule has 0 aliphatic carbocycles. The molecular formula is C25H27N3O4. The number of nitrogens with zero attached hydrogens (tertiary/aromatic N) is 3. The quantitative estimate of drug-likeness (QED) is 0.545. The van der Waals surface area contributed by atoms with Crippen LogP contribution in [-0.4, -0.2) is 46.6 Å². The van der Waals surface area contributed by atoms with Crippen LogP contribution in [0.4, 0.5) is 0 Å². The summed E-state index contributed by atoms with van der Waals surface area (Å²) in [4.78, 5) is 32.0. The summed E-state index contributed by atoms with van der Waals surface area (Å²) in [6, 6.07) is 15.1. The zero-order chi connectivity index (χ0) is 22.6. The van der Waals surface area contributed by atoms with E-state index in [1.807, 2.05) is 37.3 Å². The minimum atomic E-state index is -0.888. The van der Waals surface area contributed by atoms with Crippen molar-refractivity contribution < 1.29 is 18.8 Å². The Balaban J connectivity index is 1.60. The highest BCUT2D eigenvalue weighted by molar-refractivity contribution is 5.93. The zero-order valence-electron chi connectivity index (χ0n) is 18.4. The van der Waals surface area contributed by atoms with Crippen molar-refractivity contribution in [2.45, 2.75) is 33.1 Å². The number of pyridine rings is 1. The topological polar surface area (TPSA) is 85.5 Å². The van der Waals surface area contributed by atoms with Crippen molar-refractivity contribution in [3.63, 3.8) is 0 Å². The van der Waals surface area contributed by atoms with E-state index in [9.17, 15) is 9.59 Å². The molecule has 7 heteroatoms. The molecule has 0 spiro atoms. The van der Waals surface area contributed by atoms with Gasteiger partial charge in [0.15, 0.2) is 0 Å². The second-order valence-corrected chi connectivity index (χ2v) is 8.22. The maximum atomic E-state index is 13.1. The van der Waals surface area contributed by atoms with Crippen molar-refractivity contribution in [3.8, 4) is 11.3 Å². The van der Waals surface area contributed by atoms with E-state index in [4.69, 9.17) is 9.26 Å². The van der Waals surface area contributed by atoms with Crippen LogP contribution < -0.4 is 0 Å². The van der Waals surface area contributed by atoms with Gasteiger partial charge in [-0.2, -0.15) is 0 Å². The Labute approximate surface area is 187 Å². The fraction of sp³-hybridized carbons (Fsp3) is 0.360. The number of benzene rings is 1. The van der Waals surface area contributed by atoms with Gasteiger partial charge in [-0.3, -0.25) is 14.6 Å². The number of amides is 1. The average molecular weight is 434 g/mol. The summed E-state index contributed by atoms with van der Waals surface area (Å²) in [5, 5.41) is 4.23. The molecule has 1 aliphatic rings. The number of aryl methyl sites for hydroxylation is 1. The molecule has 1 atom stereocenters. The summed E-state index contributed by atoms with van der Waals surface area (Å²) in [5.74, 6) is 0.105. The minimum Gasteiger partial charge on any atom is -0.466 e. The monoisotopic (exact) mass is 433 g/mol. The van der Waals surface area contributed by atoms with E-state index in [1.54, 1.807) is 36.2 Å². The molecule has 1 saturated heterocycles. The molecule has 0 radical (unpaired) electrons. The molecule has 0 bridgehead atoms. The van der Waals surface area contributed by atoms with E-state index in [1.165, 1.54) is 0 Å². The predicted octanol–water partition coefficient (Wildman–Crippen LogP) is 4.07. The van der Waals surface area contributed by atoms with Gasteiger partial charge in [0.1, 0.15) is 17.1 Å². The van der Waals surface area contributed by atoms with E-state index in [2.05, 4.69) is 10.1 Å². The molecule has 0 N–H and O–H groups in total. The van der Waals surface area contributed by atoms with Crippen molar-refractivity contribution >= 4 is 11.9 Å². The van der Waals surface area contributed by atoms with Crippen molar-refractivity contribution in [1.82, 2.24) is 15.0 Å². The van der Waals surface area contributed by atoms with Gasteiger partial charge < -0.3 is 14.2 Å². The van der Waals surface area contributed by atoms with Gasteiger partial charge in [0.05, 0.1) is 12.0 Å². The van der Waals surface area contributed by atoms with Gasteiger partial charge in [-0.05, 0) is 44.4 Å². The number of piperidine rings is 1. The normalized spacial score (nSPS) is 18.4. The maximum absolute atomic E-state index is 13.1. The summed E-state index contributed by atoms with van der Waals surface area (Å²) in [6.07, 6.45) is 3.21. The first-order valence-corrected chi connectivity index (χ1v) is 10.9. The molecule has 1 aromatic carbocycles. The molecule has 3 aromatic rings. The molecule has 2 aromatic heterocycles. The summed E-state index contributed by atoms with van der Waals surface area (Å²) in [7, 11) is 0. The molecule has 7 nitrogen and oxygen atoms in total.